The molecule has 0 aliphatic carbocycles. The molecule has 0 amide bonds. The molecule has 0 saturated heterocycles. The van der Waals surface area contributed by atoms with Crippen LogP contribution in [0.25, 0.3) is 0 Å². The molecule has 1 atom stereocenters. The summed E-state index contributed by atoms with van der Waals surface area (Å²) in [6, 6.07) is 6.51. The van der Waals surface area contributed by atoms with Gasteiger partial charge in [0.05, 0.1) is 0 Å². The molecule has 0 aliphatic rings. The van der Waals surface area contributed by atoms with Gasteiger partial charge in [-0.1, -0.05) is 26.0 Å². The molecule has 70 valence electrons. The van der Waals surface area contributed by atoms with Crippen LogP contribution in [-0.2, 0) is 0 Å². The minimum atomic E-state index is -0.305. The number of rotatable bonds is 2. The molecule has 2 nitrogen and oxygen atoms in total. The Morgan fingerprint density at radius 2 is 2.15 bits per heavy atom. The molecule has 0 fully saturated rings. The van der Waals surface area contributed by atoms with E-state index >= 15 is 0 Å². The highest BCUT2D eigenvalue weighted by atomic mass is 16.3. The Bertz CT molecular complexity index is 344. The SMILES string of the molecule is CC[C@@H](C)c1cccc(O)c(=O)c1. The van der Waals surface area contributed by atoms with Gasteiger partial charge in [-0.15, -0.1) is 0 Å². The Morgan fingerprint density at radius 3 is 2.77 bits per heavy atom. The minimum Gasteiger partial charge on any atom is -0.504 e. The van der Waals surface area contributed by atoms with E-state index in [4.69, 9.17) is 5.11 Å². The third-order valence-corrected chi connectivity index (χ3v) is 2.27. The fourth-order valence-corrected chi connectivity index (χ4v) is 1.15. The average Bonchev–Trinajstić information content (AvgIpc) is 2.28. The fourth-order valence-electron chi connectivity index (χ4n) is 1.15. The Labute approximate surface area is 77.9 Å². The van der Waals surface area contributed by atoms with Crippen molar-refractivity contribution in [2.75, 3.05) is 0 Å². The summed E-state index contributed by atoms with van der Waals surface area (Å²) in [4.78, 5) is 11.2. The molecule has 1 aromatic rings. The van der Waals surface area contributed by atoms with Crippen LogP contribution < -0.4 is 5.43 Å². The highest BCUT2D eigenvalue weighted by Gasteiger charge is 2.02. The van der Waals surface area contributed by atoms with Gasteiger partial charge in [-0.2, -0.15) is 0 Å². The maximum Gasteiger partial charge on any atom is 0.220 e. The van der Waals surface area contributed by atoms with Crippen LogP contribution in [0.5, 0.6) is 5.75 Å². The van der Waals surface area contributed by atoms with E-state index < -0.39 is 0 Å². The van der Waals surface area contributed by atoms with E-state index in [0.717, 1.165) is 12.0 Å². The summed E-state index contributed by atoms with van der Waals surface area (Å²) < 4.78 is 0. The van der Waals surface area contributed by atoms with Crippen LogP contribution in [0.3, 0.4) is 0 Å². The van der Waals surface area contributed by atoms with Crippen molar-refractivity contribution in [3.05, 3.63) is 40.1 Å². The van der Waals surface area contributed by atoms with Crippen LogP contribution in [0.4, 0.5) is 0 Å². The van der Waals surface area contributed by atoms with Crippen molar-refractivity contribution in [2.24, 2.45) is 0 Å². The van der Waals surface area contributed by atoms with Crippen molar-refractivity contribution < 1.29 is 5.11 Å². The molecular formula is C11H14O2. The lowest BCUT2D eigenvalue weighted by atomic mass is 10.0. The molecule has 0 unspecified atom stereocenters. The molecule has 0 bridgehead atoms. The molecular weight excluding hydrogens is 164 g/mol. The smallest absolute Gasteiger partial charge is 0.220 e. The third-order valence-electron chi connectivity index (χ3n) is 2.27. The summed E-state index contributed by atoms with van der Waals surface area (Å²) in [6.07, 6.45) is 0.990. The first-order valence-electron chi connectivity index (χ1n) is 4.48. The molecule has 0 heterocycles. The molecule has 1 aromatic carbocycles. The maximum absolute atomic E-state index is 11.2. The fraction of sp³-hybridized carbons (Fsp3) is 0.364. The van der Waals surface area contributed by atoms with Crippen LogP contribution in [0, 0.1) is 0 Å². The van der Waals surface area contributed by atoms with Gasteiger partial charge in [0.1, 0.15) is 0 Å². The molecule has 1 N–H and O–H groups in total. The summed E-state index contributed by atoms with van der Waals surface area (Å²) in [5.41, 5.74) is 0.674. The van der Waals surface area contributed by atoms with Crippen LogP contribution in [-0.4, -0.2) is 5.11 Å². The van der Waals surface area contributed by atoms with Crippen LogP contribution in [0.1, 0.15) is 31.7 Å². The highest BCUT2D eigenvalue weighted by Crippen LogP contribution is 2.16. The second kappa shape index (κ2) is 4.08. The van der Waals surface area contributed by atoms with Crippen LogP contribution >= 0.6 is 0 Å². The van der Waals surface area contributed by atoms with Gasteiger partial charge >= 0.3 is 0 Å². The van der Waals surface area contributed by atoms with Crippen molar-refractivity contribution in [2.45, 2.75) is 26.2 Å². The molecule has 0 spiro atoms. The van der Waals surface area contributed by atoms with Gasteiger partial charge in [0.2, 0.25) is 5.43 Å². The molecule has 0 saturated carbocycles. The Morgan fingerprint density at radius 1 is 1.46 bits per heavy atom. The van der Waals surface area contributed by atoms with Gasteiger partial charge in [0.15, 0.2) is 5.75 Å². The first-order valence-corrected chi connectivity index (χ1v) is 4.48. The van der Waals surface area contributed by atoms with Crippen LogP contribution in [0.15, 0.2) is 29.1 Å². The summed E-state index contributed by atoms with van der Waals surface area (Å²) >= 11 is 0. The number of aromatic hydroxyl groups is 1. The van der Waals surface area contributed by atoms with Crippen molar-refractivity contribution >= 4 is 0 Å². The zero-order valence-corrected chi connectivity index (χ0v) is 7.95. The highest BCUT2D eigenvalue weighted by molar-refractivity contribution is 5.25. The maximum atomic E-state index is 11.2. The van der Waals surface area contributed by atoms with Crippen LogP contribution in [0.2, 0.25) is 0 Å². The van der Waals surface area contributed by atoms with Gasteiger partial charge in [-0.3, -0.25) is 4.79 Å². The van der Waals surface area contributed by atoms with Gasteiger partial charge in [0.25, 0.3) is 0 Å². The molecule has 0 aliphatic heterocycles. The average molecular weight is 178 g/mol. The third kappa shape index (κ3) is 2.31. The standard InChI is InChI=1S/C11H14O2/c1-3-8(2)9-5-4-6-10(12)11(13)7-9/h4-8H,3H2,1-2H3,(H,12,13)/t8-/m1/s1. The van der Waals surface area contributed by atoms with Gasteiger partial charge in [-0.05, 0) is 30.0 Å². The Kier molecular flexibility index (Phi) is 3.07. The Balaban J connectivity index is 3.21. The normalized spacial score (nSPS) is 12.5. The van der Waals surface area contributed by atoms with Crippen molar-refractivity contribution in [3.8, 4) is 5.75 Å². The second-order valence-electron chi connectivity index (χ2n) is 3.23. The summed E-state index contributed by atoms with van der Waals surface area (Å²) in [5.74, 6) is 0.175. The topological polar surface area (TPSA) is 37.3 Å². The molecule has 0 radical (unpaired) electrons. The lowest BCUT2D eigenvalue weighted by Gasteiger charge is -2.04. The minimum absolute atomic E-state index is 0.186. The number of hydrogen-bond donors (Lipinski definition) is 1. The molecule has 2 heteroatoms. The van der Waals surface area contributed by atoms with E-state index in [-0.39, 0.29) is 11.2 Å². The largest absolute Gasteiger partial charge is 0.504 e. The van der Waals surface area contributed by atoms with Gasteiger partial charge < -0.3 is 5.11 Å². The first-order chi connectivity index (χ1) is 6.15. The van der Waals surface area contributed by atoms with Gasteiger partial charge in [-0.25, -0.2) is 0 Å². The monoisotopic (exact) mass is 178 g/mol. The quantitative estimate of drug-likeness (QED) is 0.754. The summed E-state index contributed by atoms with van der Waals surface area (Å²) in [5, 5.41) is 9.15. The van der Waals surface area contributed by atoms with Crippen molar-refractivity contribution in [1.29, 1.82) is 0 Å². The summed E-state index contributed by atoms with van der Waals surface area (Å²) in [6.45, 7) is 4.13. The van der Waals surface area contributed by atoms with Crippen molar-refractivity contribution in [1.82, 2.24) is 0 Å². The first kappa shape index (κ1) is 9.78. The predicted molar refractivity (Wildman–Crippen MR) is 53.1 cm³/mol. The van der Waals surface area contributed by atoms with E-state index in [2.05, 4.69) is 13.8 Å². The lowest BCUT2D eigenvalue weighted by Crippen LogP contribution is -1.97. The van der Waals surface area contributed by atoms with E-state index in [1.165, 1.54) is 12.1 Å². The lowest BCUT2D eigenvalue weighted by molar-refractivity contribution is 0.471. The van der Waals surface area contributed by atoms with E-state index in [1.807, 2.05) is 6.07 Å². The second-order valence-corrected chi connectivity index (χ2v) is 3.23. The predicted octanol–water partition coefficient (Wildman–Crippen LogP) is 2.27. The van der Waals surface area contributed by atoms with E-state index in [9.17, 15) is 4.79 Å². The molecule has 0 aromatic heterocycles. The van der Waals surface area contributed by atoms with E-state index in [0.29, 0.717) is 5.92 Å². The Hall–Kier alpha value is -1.31. The zero-order chi connectivity index (χ0) is 9.84. The van der Waals surface area contributed by atoms with E-state index in [1.54, 1.807) is 6.07 Å². The summed E-state index contributed by atoms with van der Waals surface area (Å²) in [7, 11) is 0. The molecule has 1 rings (SSSR count). The molecule has 13 heavy (non-hydrogen) atoms. The van der Waals surface area contributed by atoms with Gasteiger partial charge in [0, 0.05) is 0 Å². The van der Waals surface area contributed by atoms with Crippen molar-refractivity contribution in [3.63, 3.8) is 0 Å². The number of hydrogen-bond acceptors (Lipinski definition) is 2. The zero-order valence-electron chi connectivity index (χ0n) is 7.95.